The second kappa shape index (κ2) is 8.85. The molecule has 4 rings (SSSR count). The van der Waals surface area contributed by atoms with Crippen LogP contribution in [0.3, 0.4) is 0 Å². The molecule has 0 saturated carbocycles. The van der Waals surface area contributed by atoms with Crippen molar-refractivity contribution in [3.63, 3.8) is 0 Å². The SMILES string of the molecule is Cc1noc(-c2ccc(C(=O)NC(C)c3cc(F)ccc3N3CCN(C)CC3)cc2)n1. The maximum Gasteiger partial charge on any atom is 0.257 e. The van der Waals surface area contributed by atoms with E-state index < -0.39 is 0 Å². The Morgan fingerprint density at radius 1 is 1.13 bits per heavy atom. The van der Waals surface area contributed by atoms with Gasteiger partial charge < -0.3 is 19.6 Å². The molecule has 0 bridgehead atoms. The van der Waals surface area contributed by atoms with Gasteiger partial charge in [0, 0.05) is 48.6 Å². The minimum Gasteiger partial charge on any atom is -0.369 e. The maximum absolute atomic E-state index is 14.0. The van der Waals surface area contributed by atoms with E-state index in [1.807, 2.05) is 6.92 Å². The minimum atomic E-state index is -0.351. The van der Waals surface area contributed by atoms with Crippen LogP contribution in [0, 0.1) is 12.7 Å². The van der Waals surface area contributed by atoms with Gasteiger partial charge in [0.15, 0.2) is 5.82 Å². The summed E-state index contributed by atoms with van der Waals surface area (Å²) in [6.07, 6.45) is 0. The lowest BCUT2D eigenvalue weighted by atomic mass is 10.0. The van der Waals surface area contributed by atoms with Crippen LogP contribution in [0.4, 0.5) is 10.1 Å². The van der Waals surface area contributed by atoms with Gasteiger partial charge in [-0.3, -0.25) is 4.79 Å². The summed E-state index contributed by atoms with van der Waals surface area (Å²) >= 11 is 0. The number of anilines is 1. The molecule has 0 aliphatic carbocycles. The first-order chi connectivity index (χ1) is 14.9. The van der Waals surface area contributed by atoms with Crippen LogP contribution in [0.5, 0.6) is 0 Å². The first-order valence-electron chi connectivity index (χ1n) is 10.4. The van der Waals surface area contributed by atoms with E-state index in [2.05, 4.69) is 32.3 Å². The zero-order chi connectivity index (χ0) is 22.0. The van der Waals surface area contributed by atoms with Gasteiger partial charge >= 0.3 is 0 Å². The molecule has 1 N–H and O–H groups in total. The second-order valence-electron chi connectivity index (χ2n) is 7.91. The van der Waals surface area contributed by atoms with E-state index >= 15 is 0 Å². The minimum absolute atomic E-state index is 0.227. The van der Waals surface area contributed by atoms with E-state index in [1.54, 1.807) is 37.3 Å². The van der Waals surface area contributed by atoms with E-state index in [-0.39, 0.29) is 17.8 Å². The highest BCUT2D eigenvalue weighted by Crippen LogP contribution is 2.28. The molecule has 1 atom stereocenters. The molecule has 8 heteroatoms. The Bertz CT molecular complexity index is 1060. The fourth-order valence-corrected chi connectivity index (χ4v) is 3.74. The smallest absolute Gasteiger partial charge is 0.257 e. The molecule has 0 radical (unpaired) electrons. The third-order valence-electron chi connectivity index (χ3n) is 5.57. The Balaban J connectivity index is 1.49. The van der Waals surface area contributed by atoms with Crippen molar-refractivity contribution in [2.45, 2.75) is 19.9 Å². The summed E-state index contributed by atoms with van der Waals surface area (Å²) in [5, 5.41) is 6.78. The van der Waals surface area contributed by atoms with Crippen molar-refractivity contribution < 1.29 is 13.7 Å². The quantitative estimate of drug-likeness (QED) is 0.678. The van der Waals surface area contributed by atoms with Crippen molar-refractivity contribution in [2.24, 2.45) is 0 Å². The molecule has 1 saturated heterocycles. The summed E-state index contributed by atoms with van der Waals surface area (Å²) < 4.78 is 19.2. The van der Waals surface area contributed by atoms with Gasteiger partial charge in [-0.2, -0.15) is 4.98 Å². The fraction of sp³-hybridized carbons (Fsp3) is 0.348. The first-order valence-corrected chi connectivity index (χ1v) is 10.4. The van der Waals surface area contributed by atoms with Crippen molar-refractivity contribution >= 4 is 11.6 Å². The number of aryl methyl sites for hydroxylation is 1. The highest BCUT2D eigenvalue weighted by atomic mass is 19.1. The van der Waals surface area contributed by atoms with Crippen LogP contribution in [0.25, 0.3) is 11.5 Å². The number of nitrogens with zero attached hydrogens (tertiary/aromatic N) is 4. The van der Waals surface area contributed by atoms with Crippen molar-refractivity contribution in [1.82, 2.24) is 20.4 Å². The van der Waals surface area contributed by atoms with Gasteiger partial charge in [-0.25, -0.2) is 4.39 Å². The summed E-state index contributed by atoms with van der Waals surface area (Å²) in [7, 11) is 2.09. The van der Waals surface area contributed by atoms with E-state index in [0.717, 1.165) is 43.0 Å². The number of hydrogen-bond donors (Lipinski definition) is 1. The number of rotatable bonds is 5. The van der Waals surface area contributed by atoms with Gasteiger partial charge in [-0.1, -0.05) is 5.16 Å². The third kappa shape index (κ3) is 4.74. The van der Waals surface area contributed by atoms with Crippen molar-refractivity contribution in [1.29, 1.82) is 0 Å². The number of likely N-dealkylation sites (N-methyl/N-ethyl adjacent to an activating group) is 1. The molecule has 7 nitrogen and oxygen atoms in total. The number of hydrogen-bond acceptors (Lipinski definition) is 6. The Hall–Kier alpha value is -3.26. The molecule has 2 heterocycles. The van der Waals surface area contributed by atoms with Crippen LogP contribution in [-0.2, 0) is 0 Å². The predicted octanol–water partition coefficient (Wildman–Crippen LogP) is 3.43. The van der Waals surface area contributed by atoms with Gasteiger partial charge in [-0.15, -0.1) is 0 Å². The summed E-state index contributed by atoms with van der Waals surface area (Å²) in [6, 6.07) is 11.4. The second-order valence-corrected chi connectivity index (χ2v) is 7.91. The first kappa shape index (κ1) is 21.0. The van der Waals surface area contributed by atoms with Gasteiger partial charge in [0.25, 0.3) is 11.8 Å². The predicted molar refractivity (Wildman–Crippen MR) is 116 cm³/mol. The number of nitrogens with one attached hydrogen (secondary N) is 1. The van der Waals surface area contributed by atoms with Crippen molar-refractivity contribution in [3.05, 3.63) is 65.2 Å². The Morgan fingerprint density at radius 2 is 1.84 bits per heavy atom. The van der Waals surface area contributed by atoms with Crippen LogP contribution in [-0.4, -0.2) is 54.2 Å². The summed E-state index contributed by atoms with van der Waals surface area (Å²) in [6.45, 7) is 7.26. The largest absolute Gasteiger partial charge is 0.369 e. The normalized spacial score (nSPS) is 15.7. The van der Waals surface area contributed by atoms with Gasteiger partial charge in [0.1, 0.15) is 5.82 Å². The zero-order valence-corrected chi connectivity index (χ0v) is 17.9. The highest BCUT2D eigenvalue weighted by Gasteiger charge is 2.21. The van der Waals surface area contributed by atoms with Crippen LogP contribution < -0.4 is 10.2 Å². The summed E-state index contributed by atoms with van der Waals surface area (Å²) in [5.41, 5.74) is 2.98. The monoisotopic (exact) mass is 423 g/mol. The van der Waals surface area contributed by atoms with Crippen molar-refractivity contribution in [3.8, 4) is 11.5 Å². The summed E-state index contributed by atoms with van der Waals surface area (Å²) in [5.74, 6) is 0.425. The lowest BCUT2D eigenvalue weighted by molar-refractivity contribution is 0.0940. The molecule has 1 fully saturated rings. The van der Waals surface area contributed by atoms with Crippen LogP contribution in [0.15, 0.2) is 47.0 Å². The van der Waals surface area contributed by atoms with E-state index in [4.69, 9.17) is 4.52 Å². The maximum atomic E-state index is 14.0. The number of amides is 1. The average Bonchev–Trinajstić information content (AvgIpc) is 3.21. The highest BCUT2D eigenvalue weighted by molar-refractivity contribution is 5.95. The molecule has 162 valence electrons. The molecule has 0 spiro atoms. The number of piperazine rings is 1. The number of benzene rings is 2. The average molecular weight is 423 g/mol. The van der Waals surface area contributed by atoms with Gasteiger partial charge in [0.05, 0.1) is 6.04 Å². The standard InChI is InChI=1S/C23H26FN5O2/c1-15(20-14-19(24)8-9-21(20)29-12-10-28(3)11-13-29)25-22(30)17-4-6-18(7-5-17)23-26-16(2)27-31-23/h4-9,14-15H,10-13H2,1-3H3,(H,25,30). The molecule has 2 aromatic carbocycles. The van der Waals surface area contributed by atoms with Crippen LogP contribution in [0.2, 0.25) is 0 Å². The molecule has 1 aliphatic heterocycles. The Kier molecular flexibility index (Phi) is 5.99. The Labute approximate surface area is 180 Å². The molecule has 1 unspecified atom stereocenters. The van der Waals surface area contributed by atoms with Gasteiger partial charge in [0.2, 0.25) is 0 Å². The number of halogens is 1. The number of aromatic nitrogens is 2. The molecule has 1 aromatic heterocycles. The van der Waals surface area contributed by atoms with E-state index in [0.29, 0.717) is 17.3 Å². The van der Waals surface area contributed by atoms with E-state index in [9.17, 15) is 9.18 Å². The molecule has 31 heavy (non-hydrogen) atoms. The molecule has 1 amide bonds. The van der Waals surface area contributed by atoms with Crippen LogP contribution in [0.1, 0.15) is 34.7 Å². The van der Waals surface area contributed by atoms with E-state index in [1.165, 1.54) is 12.1 Å². The topological polar surface area (TPSA) is 74.5 Å². The molecular formula is C23H26FN5O2. The lowest BCUT2D eigenvalue weighted by Crippen LogP contribution is -2.45. The fourth-order valence-electron chi connectivity index (χ4n) is 3.74. The van der Waals surface area contributed by atoms with Crippen molar-refractivity contribution in [2.75, 3.05) is 38.1 Å². The third-order valence-corrected chi connectivity index (χ3v) is 5.57. The zero-order valence-electron chi connectivity index (χ0n) is 17.9. The Morgan fingerprint density at radius 3 is 2.48 bits per heavy atom. The lowest BCUT2D eigenvalue weighted by Gasteiger charge is -2.36. The summed E-state index contributed by atoms with van der Waals surface area (Å²) in [4.78, 5) is 21.5. The van der Waals surface area contributed by atoms with Crippen LogP contribution >= 0.6 is 0 Å². The number of carbonyl (C=O) groups excluding carboxylic acids is 1. The number of carbonyl (C=O) groups is 1. The molecule has 3 aromatic rings. The van der Waals surface area contributed by atoms with Gasteiger partial charge in [-0.05, 0) is 63.4 Å². The molecular weight excluding hydrogens is 397 g/mol. The molecule has 1 aliphatic rings.